The molecule has 0 fully saturated rings. The van der Waals surface area contributed by atoms with Crippen LogP contribution in [0.2, 0.25) is 0 Å². The van der Waals surface area contributed by atoms with Crippen molar-refractivity contribution < 1.29 is 9.90 Å². The Labute approximate surface area is 122 Å². The normalized spacial score (nSPS) is 14.1. The fraction of sp³-hybridized carbons (Fsp3) is 0.462. The molecule has 0 aliphatic heterocycles. The number of hydrogen-bond acceptors (Lipinski definition) is 3. The molecule has 1 aromatic carbocycles. The molecular weight excluding hydrogens is 314 g/mol. The van der Waals surface area contributed by atoms with Gasteiger partial charge in [-0.3, -0.25) is 4.79 Å². The summed E-state index contributed by atoms with van der Waals surface area (Å²) in [7, 11) is 0. The molecule has 18 heavy (non-hydrogen) atoms. The Balaban J connectivity index is 2.90. The highest BCUT2D eigenvalue weighted by atomic mass is 79.9. The van der Waals surface area contributed by atoms with Gasteiger partial charge in [0, 0.05) is 21.5 Å². The van der Waals surface area contributed by atoms with Gasteiger partial charge < -0.3 is 10.4 Å². The molecule has 0 aliphatic rings. The molecule has 0 saturated carbocycles. The van der Waals surface area contributed by atoms with E-state index in [1.54, 1.807) is 12.1 Å². The van der Waals surface area contributed by atoms with Crippen molar-refractivity contribution in [3.05, 3.63) is 28.2 Å². The van der Waals surface area contributed by atoms with Crippen LogP contribution in [0.5, 0.6) is 0 Å². The molecule has 1 rings (SSSR count). The number of halogens is 1. The maximum absolute atomic E-state index is 12.2. The van der Waals surface area contributed by atoms with E-state index in [1.165, 1.54) is 0 Å². The van der Waals surface area contributed by atoms with Gasteiger partial charge in [-0.05, 0) is 53.9 Å². The zero-order valence-corrected chi connectivity index (χ0v) is 13.0. The van der Waals surface area contributed by atoms with Gasteiger partial charge in [0.2, 0.25) is 0 Å². The molecule has 0 heterocycles. The van der Waals surface area contributed by atoms with Crippen LogP contribution in [-0.2, 0) is 0 Å². The van der Waals surface area contributed by atoms with Crippen molar-refractivity contribution in [2.75, 3.05) is 6.61 Å². The minimum Gasteiger partial charge on any atom is -0.396 e. The highest BCUT2D eigenvalue weighted by Crippen LogP contribution is 2.22. The molecule has 1 atom stereocenters. The van der Waals surface area contributed by atoms with E-state index in [-0.39, 0.29) is 12.5 Å². The van der Waals surface area contributed by atoms with Crippen molar-refractivity contribution in [1.29, 1.82) is 0 Å². The standard InChI is InChI=1S/C13H18BrNO2S/c1-3-13(2,6-7-16)15-12(17)10-8-9(18)4-5-11(10)14/h4-5,8,16,18H,3,6-7H2,1-2H3,(H,15,17). The first-order valence-electron chi connectivity index (χ1n) is 5.84. The van der Waals surface area contributed by atoms with Crippen LogP contribution in [0, 0.1) is 0 Å². The smallest absolute Gasteiger partial charge is 0.252 e. The average molecular weight is 332 g/mol. The fourth-order valence-electron chi connectivity index (χ4n) is 1.60. The summed E-state index contributed by atoms with van der Waals surface area (Å²) in [6.45, 7) is 3.97. The number of nitrogens with one attached hydrogen (secondary N) is 1. The molecule has 0 saturated heterocycles. The summed E-state index contributed by atoms with van der Waals surface area (Å²) in [5, 5.41) is 12.0. The van der Waals surface area contributed by atoms with E-state index in [0.29, 0.717) is 12.0 Å². The summed E-state index contributed by atoms with van der Waals surface area (Å²) in [5.74, 6) is -0.157. The van der Waals surface area contributed by atoms with Crippen LogP contribution >= 0.6 is 28.6 Å². The predicted octanol–water partition coefficient (Wildman–Crippen LogP) is 3.02. The Morgan fingerprint density at radius 2 is 2.22 bits per heavy atom. The van der Waals surface area contributed by atoms with Crippen molar-refractivity contribution in [1.82, 2.24) is 5.32 Å². The van der Waals surface area contributed by atoms with Gasteiger partial charge in [0.25, 0.3) is 5.91 Å². The average Bonchev–Trinajstić information content (AvgIpc) is 2.32. The number of thiol groups is 1. The maximum Gasteiger partial charge on any atom is 0.252 e. The lowest BCUT2D eigenvalue weighted by Gasteiger charge is -2.29. The number of aliphatic hydroxyl groups is 1. The second kappa shape index (κ2) is 6.59. The van der Waals surface area contributed by atoms with Crippen molar-refractivity contribution >= 4 is 34.5 Å². The lowest BCUT2D eigenvalue weighted by molar-refractivity contribution is 0.0885. The van der Waals surface area contributed by atoms with E-state index in [1.807, 2.05) is 19.9 Å². The Morgan fingerprint density at radius 3 is 2.78 bits per heavy atom. The number of benzene rings is 1. The number of rotatable bonds is 5. The molecular formula is C13H18BrNO2S. The SMILES string of the molecule is CCC(C)(CCO)NC(=O)c1cc(S)ccc1Br. The fourth-order valence-corrected chi connectivity index (χ4v) is 2.23. The van der Waals surface area contributed by atoms with Gasteiger partial charge in [-0.1, -0.05) is 6.92 Å². The molecule has 0 bridgehead atoms. The highest BCUT2D eigenvalue weighted by molar-refractivity contribution is 9.10. The summed E-state index contributed by atoms with van der Waals surface area (Å²) in [6.07, 6.45) is 1.30. The largest absolute Gasteiger partial charge is 0.396 e. The molecule has 3 nitrogen and oxygen atoms in total. The summed E-state index contributed by atoms with van der Waals surface area (Å²) in [6, 6.07) is 5.33. The molecule has 0 spiro atoms. The first-order valence-corrected chi connectivity index (χ1v) is 7.08. The van der Waals surface area contributed by atoms with E-state index in [4.69, 9.17) is 5.11 Å². The lowest BCUT2D eigenvalue weighted by atomic mass is 9.94. The third-order valence-electron chi connectivity index (χ3n) is 3.05. The van der Waals surface area contributed by atoms with E-state index in [0.717, 1.165) is 15.8 Å². The summed E-state index contributed by atoms with van der Waals surface area (Å²) in [4.78, 5) is 12.9. The molecule has 2 N–H and O–H groups in total. The third-order valence-corrected chi connectivity index (χ3v) is 4.02. The number of carbonyl (C=O) groups excluding carboxylic acids is 1. The minimum atomic E-state index is -0.391. The summed E-state index contributed by atoms with van der Waals surface area (Å²) >= 11 is 7.59. The molecule has 100 valence electrons. The van der Waals surface area contributed by atoms with Crippen LogP contribution in [0.15, 0.2) is 27.6 Å². The Hall–Kier alpha value is -0.520. The number of aliphatic hydroxyl groups excluding tert-OH is 1. The van der Waals surface area contributed by atoms with E-state index >= 15 is 0 Å². The van der Waals surface area contributed by atoms with Crippen LogP contribution < -0.4 is 5.32 Å². The molecule has 0 aliphatic carbocycles. The monoisotopic (exact) mass is 331 g/mol. The molecule has 1 amide bonds. The highest BCUT2D eigenvalue weighted by Gasteiger charge is 2.25. The van der Waals surface area contributed by atoms with Crippen molar-refractivity contribution in [2.45, 2.75) is 37.1 Å². The molecule has 1 unspecified atom stereocenters. The lowest BCUT2D eigenvalue weighted by Crippen LogP contribution is -2.46. The molecule has 0 aromatic heterocycles. The first kappa shape index (κ1) is 15.5. The minimum absolute atomic E-state index is 0.0540. The number of amides is 1. The van der Waals surface area contributed by atoms with Gasteiger partial charge >= 0.3 is 0 Å². The quantitative estimate of drug-likeness (QED) is 0.726. The topological polar surface area (TPSA) is 49.3 Å². The van der Waals surface area contributed by atoms with E-state index < -0.39 is 5.54 Å². The van der Waals surface area contributed by atoms with Crippen LogP contribution in [-0.4, -0.2) is 23.2 Å². The zero-order valence-electron chi connectivity index (χ0n) is 10.5. The van der Waals surface area contributed by atoms with Gasteiger partial charge in [0.05, 0.1) is 5.56 Å². The van der Waals surface area contributed by atoms with Gasteiger partial charge in [-0.25, -0.2) is 0 Å². The first-order chi connectivity index (χ1) is 8.41. The van der Waals surface area contributed by atoms with Gasteiger partial charge in [0.1, 0.15) is 0 Å². The zero-order chi connectivity index (χ0) is 13.8. The molecule has 1 aromatic rings. The van der Waals surface area contributed by atoms with Crippen molar-refractivity contribution in [3.63, 3.8) is 0 Å². The Kier molecular flexibility index (Phi) is 5.69. The second-order valence-electron chi connectivity index (χ2n) is 4.51. The van der Waals surface area contributed by atoms with Crippen LogP contribution in [0.3, 0.4) is 0 Å². The molecule has 0 radical (unpaired) electrons. The second-order valence-corrected chi connectivity index (χ2v) is 5.88. The van der Waals surface area contributed by atoms with Gasteiger partial charge in [-0.2, -0.15) is 0 Å². The maximum atomic E-state index is 12.2. The van der Waals surface area contributed by atoms with Crippen LogP contribution in [0.1, 0.15) is 37.0 Å². The molecule has 5 heteroatoms. The van der Waals surface area contributed by atoms with Crippen molar-refractivity contribution in [3.8, 4) is 0 Å². The van der Waals surface area contributed by atoms with Crippen LogP contribution in [0.25, 0.3) is 0 Å². The number of hydrogen-bond donors (Lipinski definition) is 3. The predicted molar refractivity (Wildman–Crippen MR) is 79.3 cm³/mol. The summed E-state index contributed by atoms with van der Waals surface area (Å²) < 4.78 is 0.736. The summed E-state index contributed by atoms with van der Waals surface area (Å²) in [5.41, 5.74) is 0.165. The van der Waals surface area contributed by atoms with E-state index in [2.05, 4.69) is 33.9 Å². The van der Waals surface area contributed by atoms with Crippen LogP contribution in [0.4, 0.5) is 0 Å². The van der Waals surface area contributed by atoms with Gasteiger partial charge in [-0.15, -0.1) is 12.6 Å². The number of carbonyl (C=O) groups is 1. The van der Waals surface area contributed by atoms with Crippen molar-refractivity contribution in [2.24, 2.45) is 0 Å². The Morgan fingerprint density at radius 1 is 1.56 bits per heavy atom. The Bertz CT molecular complexity index is 439. The third kappa shape index (κ3) is 4.00. The van der Waals surface area contributed by atoms with E-state index in [9.17, 15) is 4.79 Å². The van der Waals surface area contributed by atoms with Gasteiger partial charge in [0.15, 0.2) is 0 Å².